The molecule has 14 heteroatoms. The summed E-state index contributed by atoms with van der Waals surface area (Å²) in [6.45, 7) is 0.0901. The molecule has 0 aliphatic carbocycles. The molecule has 6 aromatic rings. The Kier molecular flexibility index (Phi) is 16.7. The van der Waals surface area contributed by atoms with E-state index < -0.39 is 53.9 Å². The molecule has 0 aromatic heterocycles. The second kappa shape index (κ2) is 23.8. The molecule has 0 saturated heterocycles. The number of ether oxygens (including phenoxy) is 4. The highest BCUT2D eigenvalue weighted by atomic mass is 19.1. The first-order chi connectivity index (χ1) is 32.7. The molecular weight excluding hydrogens is 856 g/mol. The summed E-state index contributed by atoms with van der Waals surface area (Å²) in [6, 6.07) is 42.4. The second-order valence-electron chi connectivity index (χ2n) is 15.9. The zero-order valence-corrected chi connectivity index (χ0v) is 36.7. The number of rotatable bonds is 15. The quantitative estimate of drug-likeness (QED) is 0.0455. The van der Waals surface area contributed by atoms with Gasteiger partial charge in [0.05, 0.1) is 0 Å². The average Bonchev–Trinajstić information content (AvgIpc) is 3.36. The summed E-state index contributed by atoms with van der Waals surface area (Å²) in [7, 11) is 0. The van der Waals surface area contributed by atoms with Gasteiger partial charge in [-0.1, -0.05) is 133 Å². The third kappa shape index (κ3) is 14.2. The van der Waals surface area contributed by atoms with Crippen molar-refractivity contribution in [2.75, 3.05) is 6.54 Å². The van der Waals surface area contributed by atoms with Crippen molar-refractivity contribution >= 4 is 30.0 Å². The normalized spacial score (nSPS) is 15.9. The van der Waals surface area contributed by atoms with E-state index in [1.165, 1.54) is 6.07 Å². The predicted molar refractivity (Wildman–Crippen MR) is 248 cm³/mol. The lowest BCUT2D eigenvalue weighted by Gasteiger charge is -2.25. The maximum Gasteiger partial charge on any atom is 0.408 e. The lowest BCUT2D eigenvalue weighted by molar-refractivity contribution is -0.149. The number of benzene rings is 6. The van der Waals surface area contributed by atoms with Gasteiger partial charge in [-0.25, -0.2) is 18.8 Å². The Labute approximate surface area is 388 Å². The van der Waals surface area contributed by atoms with E-state index in [0.717, 1.165) is 16.7 Å². The number of alkyl carbamates (subject to hydrolysis) is 2. The molecule has 0 spiro atoms. The molecule has 1 heterocycles. The molecule has 4 bridgehead atoms. The number of amides is 4. The molecule has 0 fully saturated rings. The summed E-state index contributed by atoms with van der Waals surface area (Å²) < 4.78 is 38.7. The predicted octanol–water partition coefficient (Wildman–Crippen LogP) is 7.88. The van der Waals surface area contributed by atoms with E-state index in [1.807, 2.05) is 72.8 Å². The minimum atomic E-state index is -1.40. The van der Waals surface area contributed by atoms with Gasteiger partial charge in [-0.2, -0.15) is 0 Å². The fraction of sp³-hybridized carbons (Fsp3) is 0.226. The van der Waals surface area contributed by atoms with Crippen LogP contribution in [0.25, 0.3) is 11.1 Å². The number of fused-ring (bicyclic) bond motifs is 5. The first-order valence-electron chi connectivity index (χ1n) is 22.0. The molecule has 0 saturated carbocycles. The van der Waals surface area contributed by atoms with Crippen molar-refractivity contribution in [1.29, 1.82) is 0 Å². The van der Waals surface area contributed by atoms with Crippen LogP contribution in [-0.4, -0.2) is 54.6 Å². The van der Waals surface area contributed by atoms with Crippen molar-refractivity contribution in [3.63, 3.8) is 0 Å². The van der Waals surface area contributed by atoms with Crippen molar-refractivity contribution in [1.82, 2.24) is 21.3 Å². The van der Waals surface area contributed by atoms with Gasteiger partial charge in [-0.15, -0.1) is 0 Å². The molecule has 67 heavy (non-hydrogen) atoms. The highest BCUT2D eigenvalue weighted by molar-refractivity contribution is 5.93. The van der Waals surface area contributed by atoms with Crippen LogP contribution in [-0.2, 0) is 67.9 Å². The van der Waals surface area contributed by atoms with Gasteiger partial charge >= 0.3 is 18.2 Å². The zero-order chi connectivity index (χ0) is 46.8. The van der Waals surface area contributed by atoms with Crippen LogP contribution in [0.5, 0.6) is 5.75 Å². The highest BCUT2D eigenvalue weighted by Crippen LogP contribution is 2.31. The summed E-state index contributed by atoms with van der Waals surface area (Å²) in [5, 5.41) is 10.9. The van der Waals surface area contributed by atoms with Gasteiger partial charge in [0.2, 0.25) is 11.8 Å². The lowest BCUT2D eigenvalue weighted by atomic mass is 9.95. The fourth-order valence-electron chi connectivity index (χ4n) is 7.37. The Bertz CT molecular complexity index is 2600. The first kappa shape index (κ1) is 47.0. The number of hydrogen-bond acceptors (Lipinski definition) is 9. The molecule has 1 aliphatic rings. The van der Waals surface area contributed by atoms with Gasteiger partial charge in [0.1, 0.15) is 56.1 Å². The van der Waals surface area contributed by atoms with Gasteiger partial charge in [-0.3, -0.25) is 9.59 Å². The third-order valence-electron chi connectivity index (χ3n) is 11.0. The Morgan fingerprint density at radius 2 is 1.09 bits per heavy atom. The highest BCUT2D eigenvalue weighted by Gasteiger charge is 2.32. The summed E-state index contributed by atoms with van der Waals surface area (Å²) in [5.41, 5.74) is 4.94. The number of nitrogens with one attached hydrogen (secondary N) is 4. The Hall–Kier alpha value is -8.00. The van der Waals surface area contributed by atoms with Gasteiger partial charge in [0, 0.05) is 19.4 Å². The van der Waals surface area contributed by atoms with Crippen LogP contribution >= 0.6 is 0 Å². The van der Waals surface area contributed by atoms with Gasteiger partial charge in [-0.05, 0) is 81.6 Å². The first-order valence-corrected chi connectivity index (χ1v) is 22.0. The molecule has 4 N–H and O–H groups in total. The van der Waals surface area contributed by atoms with E-state index in [0.29, 0.717) is 28.0 Å². The van der Waals surface area contributed by atoms with Crippen LogP contribution in [0.3, 0.4) is 0 Å². The maximum absolute atomic E-state index is 15.8. The van der Waals surface area contributed by atoms with Crippen molar-refractivity contribution in [2.24, 2.45) is 0 Å². The zero-order valence-electron chi connectivity index (χ0n) is 36.7. The second-order valence-corrected chi connectivity index (χ2v) is 15.9. The van der Waals surface area contributed by atoms with E-state index in [2.05, 4.69) is 21.3 Å². The van der Waals surface area contributed by atoms with Crippen molar-refractivity contribution in [3.05, 3.63) is 197 Å². The van der Waals surface area contributed by atoms with Gasteiger partial charge in [0.25, 0.3) is 0 Å². The molecule has 344 valence electrons. The minimum Gasteiger partial charge on any atom is -0.489 e. The summed E-state index contributed by atoms with van der Waals surface area (Å²) in [6.07, 6.45) is -1.88. The minimum absolute atomic E-state index is 0.0434. The molecule has 6 aromatic carbocycles. The molecule has 0 unspecified atom stereocenters. The molecule has 0 radical (unpaired) electrons. The summed E-state index contributed by atoms with van der Waals surface area (Å²) >= 11 is 0. The van der Waals surface area contributed by atoms with Crippen molar-refractivity contribution < 1.29 is 47.3 Å². The molecule has 4 amide bonds. The molecule has 3 atom stereocenters. The standard InChI is InChI=1S/C53H51FN4O9/c54-44-25-23-40-28-42(44)30-47(51(61)65-33-37-16-7-2-8-17-37)57-49(59)45(22-13-27-55-52(62)66-34-38-18-9-3-10-19-38)56-50(60)46(58-53(63)67-35-39-20-11-4-12-21-39)31-43-29-41(40)24-26-48(43)64-32-36-14-5-1-6-15-36/h1-12,14-21,23-26,28-29,45-47H,13,22,27,30-35H2,(H,55,62)(H,56,60)(H,57,59)(H,58,63)/t45-,46-,47-/m0/s1. The number of esters is 1. The summed E-state index contributed by atoms with van der Waals surface area (Å²) in [4.78, 5) is 69.0. The van der Waals surface area contributed by atoms with Crippen LogP contribution in [0.1, 0.15) is 46.2 Å². The van der Waals surface area contributed by atoms with Gasteiger partial charge in [0.15, 0.2) is 0 Å². The van der Waals surface area contributed by atoms with Crippen molar-refractivity contribution in [2.45, 2.75) is 70.2 Å². The van der Waals surface area contributed by atoms with E-state index in [1.54, 1.807) is 78.9 Å². The smallest absolute Gasteiger partial charge is 0.408 e. The molecular formula is C53H51FN4O9. The monoisotopic (exact) mass is 906 g/mol. The summed E-state index contributed by atoms with van der Waals surface area (Å²) in [5.74, 6) is -2.57. The van der Waals surface area contributed by atoms with Crippen molar-refractivity contribution in [3.8, 4) is 16.9 Å². The van der Waals surface area contributed by atoms with Crippen LogP contribution in [0, 0.1) is 5.82 Å². The number of carbonyl (C=O) groups is 5. The topological polar surface area (TPSA) is 170 Å². The van der Waals surface area contributed by atoms with E-state index in [9.17, 15) is 24.0 Å². The third-order valence-corrected chi connectivity index (χ3v) is 11.0. The fourth-order valence-corrected chi connectivity index (χ4v) is 7.37. The van der Waals surface area contributed by atoms with Crippen LogP contribution in [0.2, 0.25) is 0 Å². The molecule has 7 rings (SSSR count). The molecule has 13 nitrogen and oxygen atoms in total. The van der Waals surface area contributed by atoms with Crippen LogP contribution < -0.4 is 26.0 Å². The Morgan fingerprint density at radius 1 is 0.567 bits per heavy atom. The van der Waals surface area contributed by atoms with Crippen LogP contribution in [0.4, 0.5) is 14.0 Å². The maximum atomic E-state index is 15.8. The van der Waals surface area contributed by atoms with E-state index in [4.69, 9.17) is 18.9 Å². The number of halogens is 1. The lowest BCUT2D eigenvalue weighted by Crippen LogP contribution is -2.56. The largest absolute Gasteiger partial charge is 0.489 e. The number of hydrogen-bond donors (Lipinski definition) is 4. The Morgan fingerprint density at radius 3 is 1.69 bits per heavy atom. The van der Waals surface area contributed by atoms with Crippen LogP contribution in [0.15, 0.2) is 158 Å². The van der Waals surface area contributed by atoms with E-state index >= 15 is 4.39 Å². The number of carbonyl (C=O) groups excluding carboxylic acids is 5. The molecule has 1 aliphatic heterocycles. The van der Waals surface area contributed by atoms with Gasteiger partial charge < -0.3 is 40.2 Å². The Balaban J connectivity index is 1.20. The van der Waals surface area contributed by atoms with E-state index in [-0.39, 0.29) is 64.2 Å². The SMILES string of the molecule is O=C(NCCC[C@@H]1NC(=O)[C@@H](NC(=O)OCc2ccccc2)Cc2cc(ccc2OCc2ccccc2)-c2ccc(F)c(c2)C[C@@H](C(=O)OCc2ccccc2)NC1=O)OCc1ccccc1. The average molecular weight is 907 g/mol.